The minimum absolute atomic E-state index is 0.0786. The molecule has 0 radical (unpaired) electrons. The molecule has 2 aromatic carbocycles. The molecule has 156 valence electrons. The summed E-state index contributed by atoms with van der Waals surface area (Å²) in [5.74, 6) is 0.803. The summed E-state index contributed by atoms with van der Waals surface area (Å²) in [6, 6.07) is 19.1. The first-order valence-corrected chi connectivity index (χ1v) is 11.0. The Labute approximate surface area is 177 Å². The fourth-order valence-electron chi connectivity index (χ4n) is 5.04. The van der Waals surface area contributed by atoms with Gasteiger partial charge in [-0.25, -0.2) is 14.3 Å². The van der Waals surface area contributed by atoms with Crippen LogP contribution in [0.25, 0.3) is 11.0 Å². The molecule has 1 amide bonds. The normalized spacial score (nSPS) is 21.3. The Morgan fingerprint density at radius 3 is 2.50 bits per heavy atom. The van der Waals surface area contributed by atoms with Crippen LogP contribution in [0.3, 0.4) is 0 Å². The summed E-state index contributed by atoms with van der Waals surface area (Å²) in [5.41, 5.74) is 3.06. The second kappa shape index (κ2) is 8.11. The van der Waals surface area contributed by atoms with Crippen LogP contribution in [0.2, 0.25) is 0 Å². The van der Waals surface area contributed by atoms with Gasteiger partial charge in [-0.1, -0.05) is 42.5 Å². The number of nitrogens with zero attached hydrogens (tertiary/aromatic N) is 4. The lowest BCUT2D eigenvalue weighted by Crippen LogP contribution is -2.53. The summed E-state index contributed by atoms with van der Waals surface area (Å²) in [4.78, 5) is 23.0. The number of piperazine rings is 1. The van der Waals surface area contributed by atoms with E-state index in [4.69, 9.17) is 4.98 Å². The zero-order valence-electron chi connectivity index (χ0n) is 17.5. The number of carbonyl (C=O) groups excluding carboxylic acids is 1. The average molecular weight is 404 g/mol. The fourth-order valence-corrected chi connectivity index (χ4v) is 5.04. The number of aromatic nitrogens is 2. The molecule has 6 nitrogen and oxygen atoms in total. The third-order valence-corrected chi connectivity index (χ3v) is 6.40. The molecular weight excluding hydrogens is 374 g/mol. The molecule has 3 heterocycles. The van der Waals surface area contributed by atoms with Gasteiger partial charge in [0.05, 0.1) is 11.0 Å². The average Bonchev–Trinajstić information content (AvgIpc) is 3.26. The summed E-state index contributed by atoms with van der Waals surface area (Å²) in [5, 5.41) is 3.13. The van der Waals surface area contributed by atoms with Gasteiger partial charge in [0.2, 0.25) is 5.95 Å². The number of amides is 1. The van der Waals surface area contributed by atoms with E-state index >= 15 is 0 Å². The number of likely N-dealkylation sites (N-methyl/N-ethyl adjacent to an activating group) is 1. The molecule has 2 saturated heterocycles. The van der Waals surface area contributed by atoms with Gasteiger partial charge in [0.1, 0.15) is 0 Å². The molecule has 3 aromatic rings. The highest BCUT2D eigenvalue weighted by Gasteiger charge is 2.41. The number of nitrogens with one attached hydrogen (secondary N) is 1. The zero-order valence-corrected chi connectivity index (χ0v) is 17.5. The van der Waals surface area contributed by atoms with E-state index in [9.17, 15) is 4.79 Å². The minimum Gasteiger partial charge on any atom is -0.337 e. The number of rotatable bonds is 5. The molecule has 6 heteroatoms. The number of benzene rings is 2. The molecular formula is C24H29N5O. The number of hydrogen-bond acceptors (Lipinski definition) is 4. The lowest BCUT2D eigenvalue weighted by molar-refractivity contribution is 0.241. The smallest absolute Gasteiger partial charge is 0.328 e. The van der Waals surface area contributed by atoms with Crippen molar-refractivity contribution in [3.63, 3.8) is 0 Å². The van der Waals surface area contributed by atoms with Crippen molar-refractivity contribution < 1.29 is 4.79 Å². The number of fused-ring (bicyclic) bond motifs is 3. The molecule has 2 aliphatic rings. The maximum Gasteiger partial charge on any atom is 0.328 e. The van der Waals surface area contributed by atoms with Gasteiger partial charge in [-0.05, 0) is 50.4 Å². The maximum absolute atomic E-state index is 13.3. The molecule has 30 heavy (non-hydrogen) atoms. The van der Waals surface area contributed by atoms with Crippen LogP contribution < -0.4 is 10.2 Å². The topological polar surface area (TPSA) is 53.4 Å². The lowest BCUT2D eigenvalue weighted by Gasteiger charge is -2.40. The van der Waals surface area contributed by atoms with Gasteiger partial charge in [-0.15, -0.1) is 0 Å². The van der Waals surface area contributed by atoms with Crippen LogP contribution in [0, 0.1) is 0 Å². The van der Waals surface area contributed by atoms with E-state index in [0.717, 1.165) is 55.8 Å². The van der Waals surface area contributed by atoms with Gasteiger partial charge in [0.15, 0.2) is 0 Å². The van der Waals surface area contributed by atoms with Crippen LogP contribution in [0.5, 0.6) is 0 Å². The van der Waals surface area contributed by atoms with Crippen molar-refractivity contribution in [2.24, 2.45) is 0 Å². The zero-order chi connectivity index (χ0) is 20.5. The van der Waals surface area contributed by atoms with Crippen molar-refractivity contribution in [1.82, 2.24) is 19.8 Å². The number of carbonyl (C=O) groups is 1. The van der Waals surface area contributed by atoms with E-state index in [1.807, 2.05) is 30.3 Å². The van der Waals surface area contributed by atoms with Gasteiger partial charge in [0.25, 0.3) is 0 Å². The van der Waals surface area contributed by atoms with Crippen molar-refractivity contribution in [3.05, 3.63) is 60.2 Å². The summed E-state index contributed by atoms with van der Waals surface area (Å²) in [6.07, 6.45) is 4.20. The summed E-state index contributed by atoms with van der Waals surface area (Å²) < 4.78 is 1.80. The molecule has 2 atom stereocenters. The Morgan fingerprint density at radius 2 is 1.73 bits per heavy atom. The van der Waals surface area contributed by atoms with Crippen molar-refractivity contribution in [1.29, 1.82) is 0 Å². The standard InChI is InChI=1S/C24H29N5O/c1-27-16-19-13-14-20(17-27)28(19)23-26-21-11-5-6-12-22(21)29(23)24(30)25-15-7-10-18-8-3-2-4-9-18/h2-6,8-9,11-12,19-20H,7,10,13-17H2,1H3,(H,25,30). The quantitative estimate of drug-likeness (QED) is 0.663. The summed E-state index contributed by atoms with van der Waals surface area (Å²) >= 11 is 0. The Balaban J connectivity index is 1.37. The lowest BCUT2D eigenvalue weighted by atomic mass is 10.1. The Kier molecular flexibility index (Phi) is 5.17. The monoisotopic (exact) mass is 403 g/mol. The van der Waals surface area contributed by atoms with Gasteiger partial charge in [-0.2, -0.15) is 0 Å². The van der Waals surface area contributed by atoms with Crippen LogP contribution in [0.15, 0.2) is 54.6 Å². The molecule has 5 rings (SSSR count). The first-order valence-electron chi connectivity index (χ1n) is 11.0. The Morgan fingerprint density at radius 1 is 1.03 bits per heavy atom. The van der Waals surface area contributed by atoms with E-state index in [-0.39, 0.29) is 6.03 Å². The molecule has 2 unspecified atom stereocenters. The van der Waals surface area contributed by atoms with Gasteiger partial charge in [0, 0.05) is 31.7 Å². The van der Waals surface area contributed by atoms with E-state index in [2.05, 4.69) is 46.4 Å². The first-order chi connectivity index (χ1) is 14.7. The molecule has 2 bridgehead atoms. The van der Waals surface area contributed by atoms with Crippen molar-refractivity contribution in [3.8, 4) is 0 Å². The second-order valence-electron chi connectivity index (χ2n) is 8.57. The van der Waals surface area contributed by atoms with Crippen LogP contribution in [-0.4, -0.2) is 59.2 Å². The fraction of sp³-hybridized carbons (Fsp3) is 0.417. The molecule has 0 saturated carbocycles. The summed E-state index contributed by atoms with van der Waals surface area (Å²) in [6.45, 7) is 2.70. The van der Waals surface area contributed by atoms with Crippen LogP contribution in [-0.2, 0) is 6.42 Å². The highest BCUT2D eigenvalue weighted by molar-refractivity contribution is 5.93. The predicted molar refractivity (Wildman–Crippen MR) is 120 cm³/mol. The molecule has 2 fully saturated rings. The maximum atomic E-state index is 13.3. The number of hydrogen-bond donors (Lipinski definition) is 1. The third kappa shape index (κ3) is 3.56. The van der Waals surface area contributed by atoms with Crippen molar-refractivity contribution in [2.75, 3.05) is 31.6 Å². The second-order valence-corrected chi connectivity index (χ2v) is 8.57. The molecule has 1 N–H and O–H groups in total. The first kappa shape index (κ1) is 19.1. The van der Waals surface area contributed by atoms with Crippen molar-refractivity contribution >= 4 is 23.0 Å². The molecule has 0 aliphatic carbocycles. The molecule has 0 spiro atoms. The molecule has 2 aliphatic heterocycles. The van der Waals surface area contributed by atoms with E-state index in [1.54, 1.807) is 4.57 Å². The van der Waals surface area contributed by atoms with Crippen LogP contribution >= 0.6 is 0 Å². The van der Waals surface area contributed by atoms with Gasteiger partial charge >= 0.3 is 6.03 Å². The van der Waals surface area contributed by atoms with Crippen LogP contribution in [0.4, 0.5) is 10.7 Å². The Hall–Kier alpha value is -2.86. The predicted octanol–water partition coefficient (Wildman–Crippen LogP) is 3.51. The minimum atomic E-state index is -0.0786. The van der Waals surface area contributed by atoms with Crippen molar-refractivity contribution in [2.45, 2.75) is 37.8 Å². The Bertz CT molecular complexity index is 1020. The highest BCUT2D eigenvalue weighted by Crippen LogP contribution is 2.35. The van der Waals surface area contributed by atoms with E-state index < -0.39 is 0 Å². The summed E-state index contributed by atoms with van der Waals surface area (Å²) in [7, 11) is 2.19. The molecule has 1 aromatic heterocycles. The number of likely N-dealkylation sites (tertiary alicyclic amines) is 1. The SMILES string of the molecule is CN1CC2CCC(C1)N2c1nc2ccccc2n1C(=O)NCCCc1ccccc1. The highest BCUT2D eigenvalue weighted by atomic mass is 16.2. The van der Waals surface area contributed by atoms with E-state index in [1.165, 1.54) is 5.56 Å². The van der Waals surface area contributed by atoms with E-state index in [0.29, 0.717) is 18.6 Å². The van der Waals surface area contributed by atoms with Crippen LogP contribution in [0.1, 0.15) is 24.8 Å². The third-order valence-electron chi connectivity index (χ3n) is 6.40. The van der Waals surface area contributed by atoms with Gasteiger partial charge < -0.3 is 15.1 Å². The number of aryl methyl sites for hydroxylation is 1. The number of para-hydroxylation sites is 2. The van der Waals surface area contributed by atoms with Gasteiger partial charge in [-0.3, -0.25) is 0 Å². The largest absolute Gasteiger partial charge is 0.337 e. The number of anilines is 1. The number of imidazole rings is 1.